The molecule has 0 fully saturated rings. The van der Waals surface area contributed by atoms with Crippen LogP contribution in [0.25, 0.3) is 0 Å². The summed E-state index contributed by atoms with van der Waals surface area (Å²) < 4.78 is 31.1. The highest BCUT2D eigenvalue weighted by Crippen LogP contribution is 2.38. The fourth-order valence-electron chi connectivity index (χ4n) is 4.34. The molecule has 0 saturated carbocycles. The summed E-state index contributed by atoms with van der Waals surface area (Å²) in [7, 11) is 3.27. The van der Waals surface area contributed by atoms with Crippen LogP contribution in [-0.2, 0) is 6.42 Å². The second kappa shape index (κ2) is 11.0. The van der Waals surface area contributed by atoms with Crippen LogP contribution in [0.5, 0.6) is 17.2 Å². The molecule has 0 radical (unpaired) electrons. The van der Waals surface area contributed by atoms with E-state index >= 15 is 0 Å². The van der Waals surface area contributed by atoms with E-state index in [4.69, 9.17) is 26.4 Å². The molecule has 0 aromatic heterocycles. The highest BCUT2D eigenvalue weighted by atomic mass is 32.1. The molecular weight excluding hydrogens is 463 g/mol. The molecule has 1 atom stereocenters. The van der Waals surface area contributed by atoms with Gasteiger partial charge >= 0.3 is 0 Å². The minimum atomic E-state index is -0.316. The normalized spacial score (nSPS) is 14.9. The number of thiocarbonyl (C=S) groups is 1. The average molecular weight is 495 g/mol. The zero-order valence-corrected chi connectivity index (χ0v) is 21.3. The van der Waals surface area contributed by atoms with Crippen molar-refractivity contribution < 1.29 is 18.6 Å². The number of hydrogen-bond donors (Lipinski definition) is 1. The highest BCUT2D eigenvalue weighted by Gasteiger charge is 2.31. The first kappa shape index (κ1) is 24.8. The molecule has 0 bridgehead atoms. The van der Waals surface area contributed by atoms with Crippen LogP contribution in [0.2, 0.25) is 0 Å². The van der Waals surface area contributed by atoms with Gasteiger partial charge < -0.3 is 24.4 Å². The summed E-state index contributed by atoms with van der Waals surface area (Å²) in [5.41, 5.74) is 4.10. The highest BCUT2D eigenvalue weighted by molar-refractivity contribution is 7.80. The molecule has 0 saturated heterocycles. The van der Waals surface area contributed by atoms with Crippen molar-refractivity contribution in [3.63, 3.8) is 0 Å². The molecule has 1 aliphatic heterocycles. The number of rotatable bonds is 7. The minimum Gasteiger partial charge on any atom is -0.493 e. The van der Waals surface area contributed by atoms with Crippen molar-refractivity contribution in [2.24, 2.45) is 0 Å². The summed E-state index contributed by atoms with van der Waals surface area (Å²) in [4.78, 5) is 2.09. The van der Waals surface area contributed by atoms with E-state index in [0.717, 1.165) is 23.3 Å². The Labute approximate surface area is 211 Å². The first-order valence-electron chi connectivity index (χ1n) is 11.7. The van der Waals surface area contributed by atoms with E-state index in [2.05, 4.69) is 36.2 Å². The van der Waals surface area contributed by atoms with Crippen molar-refractivity contribution in [1.82, 2.24) is 4.90 Å². The molecule has 1 unspecified atom stereocenters. The molecule has 0 amide bonds. The van der Waals surface area contributed by atoms with Gasteiger partial charge in [0.25, 0.3) is 0 Å². The van der Waals surface area contributed by atoms with Crippen LogP contribution < -0.4 is 19.5 Å². The second-order valence-electron chi connectivity index (χ2n) is 8.84. The van der Waals surface area contributed by atoms with Gasteiger partial charge in [0.1, 0.15) is 18.2 Å². The van der Waals surface area contributed by atoms with Gasteiger partial charge in [0.15, 0.2) is 16.6 Å². The molecule has 1 aliphatic rings. The van der Waals surface area contributed by atoms with E-state index in [1.165, 1.54) is 17.7 Å². The lowest BCUT2D eigenvalue weighted by atomic mass is 9.92. The zero-order chi connectivity index (χ0) is 24.9. The Morgan fingerprint density at radius 3 is 2.43 bits per heavy atom. The molecule has 3 aromatic carbocycles. The van der Waals surface area contributed by atoms with Crippen molar-refractivity contribution in [3.8, 4) is 17.2 Å². The quantitative estimate of drug-likeness (QED) is 0.387. The molecule has 184 valence electrons. The summed E-state index contributed by atoms with van der Waals surface area (Å²) >= 11 is 5.77. The summed E-state index contributed by atoms with van der Waals surface area (Å²) in [5, 5.41) is 3.70. The maximum Gasteiger partial charge on any atom is 0.174 e. The molecule has 5 nitrogen and oxygen atoms in total. The molecule has 0 spiro atoms. The molecular formula is C28H31FN2O3S. The maximum absolute atomic E-state index is 13.7. The van der Waals surface area contributed by atoms with Gasteiger partial charge in [-0.1, -0.05) is 32.0 Å². The largest absolute Gasteiger partial charge is 0.493 e. The monoisotopic (exact) mass is 494 g/mol. The lowest BCUT2D eigenvalue weighted by Gasteiger charge is -2.39. The second-order valence-corrected chi connectivity index (χ2v) is 9.23. The summed E-state index contributed by atoms with van der Waals surface area (Å²) in [6.07, 6.45) is 0.778. The van der Waals surface area contributed by atoms with E-state index in [-0.39, 0.29) is 11.9 Å². The third kappa shape index (κ3) is 5.68. The van der Waals surface area contributed by atoms with Gasteiger partial charge in [0.2, 0.25) is 0 Å². The predicted octanol–water partition coefficient (Wildman–Crippen LogP) is 6.34. The van der Waals surface area contributed by atoms with Crippen molar-refractivity contribution in [1.29, 1.82) is 0 Å². The summed E-state index contributed by atoms with van der Waals surface area (Å²) in [6, 6.07) is 18.3. The van der Waals surface area contributed by atoms with Gasteiger partial charge in [-0.05, 0) is 83.7 Å². The molecule has 1 N–H and O–H groups in total. The Balaban J connectivity index is 1.62. The Hall–Kier alpha value is -3.32. The predicted molar refractivity (Wildman–Crippen MR) is 141 cm³/mol. The number of ether oxygens (including phenoxy) is 3. The van der Waals surface area contributed by atoms with Gasteiger partial charge in [-0.3, -0.25) is 0 Å². The van der Waals surface area contributed by atoms with Crippen LogP contribution in [0, 0.1) is 5.82 Å². The Morgan fingerprint density at radius 1 is 1.06 bits per heavy atom. The van der Waals surface area contributed by atoms with Gasteiger partial charge in [-0.25, -0.2) is 4.39 Å². The fraction of sp³-hybridized carbons (Fsp3) is 0.321. The zero-order valence-electron chi connectivity index (χ0n) is 20.5. The van der Waals surface area contributed by atoms with Crippen LogP contribution in [-0.4, -0.2) is 37.4 Å². The van der Waals surface area contributed by atoms with Crippen molar-refractivity contribution in [2.45, 2.75) is 32.2 Å². The van der Waals surface area contributed by atoms with Crippen molar-refractivity contribution in [2.75, 3.05) is 32.7 Å². The molecule has 4 rings (SSSR count). The smallest absolute Gasteiger partial charge is 0.174 e. The van der Waals surface area contributed by atoms with Crippen LogP contribution in [0.1, 0.15) is 42.5 Å². The number of fused-ring (bicyclic) bond motifs is 1. The number of halogens is 1. The van der Waals surface area contributed by atoms with E-state index in [0.29, 0.717) is 41.4 Å². The Kier molecular flexibility index (Phi) is 7.76. The third-order valence-corrected chi connectivity index (χ3v) is 6.63. The van der Waals surface area contributed by atoms with Gasteiger partial charge in [0.05, 0.1) is 20.3 Å². The van der Waals surface area contributed by atoms with Gasteiger partial charge in [-0.2, -0.15) is 0 Å². The van der Waals surface area contributed by atoms with Crippen LogP contribution >= 0.6 is 12.2 Å². The Bertz CT molecular complexity index is 1180. The van der Waals surface area contributed by atoms with Crippen molar-refractivity contribution >= 4 is 23.0 Å². The average Bonchev–Trinajstić information content (AvgIpc) is 2.86. The number of anilines is 1. The number of nitrogens with one attached hydrogen (secondary N) is 1. The van der Waals surface area contributed by atoms with Crippen molar-refractivity contribution in [3.05, 3.63) is 83.2 Å². The number of nitrogens with zero attached hydrogens (tertiary/aromatic N) is 1. The SMILES string of the molecule is COc1cc2c(cc1OC)C(COc1ccc(C(C)C)cc1)N(C(=S)Nc1cccc(F)c1)CC2. The van der Waals surface area contributed by atoms with E-state index in [1.54, 1.807) is 26.4 Å². The van der Waals surface area contributed by atoms with Crippen LogP contribution in [0.3, 0.4) is 0 Å². The number of methoxy groups -OCH3 is 2. The van der Waals surface area contributed by atoms with E-state index < -0.39 is 0 Å². The maximum atomic E-state index is 13.7. The van der Waals surface area contributed by atoms with E-state index in [9.17, 15) is 4.39 Å². The van der Waals surface area contributed by atoms with Crippen LogP contribution in [0.4, 0.5) is 10.1 Å². The Morgan fingerprint density at radius 2 is 1.77 bits per heavy atom. The number of benzene rings is 3. The lowest BCUT2D eigenvalue weighted by molar-refractivity contribution is 0.190. The first-order valence-corrected chi connectivity index (χ1v) is 12.1. The van der Waals surface area contributed by atoms with Crippen LogP contribution in [0.15, 0.2) is 60.7 Å². The molecule has 1 heterocycles. The van der Waals surface area contributed by atoms with Gasteiger partial charge in [-0.15, -0.1) is 0 Å². The van der Waals surface area contributed by atoms with Gasteiger partial charge in [0, 0.05) is 12.2 Å². The van der Waals surface area contributed by atoms with E-state index in [1.807, 2.05) is 24.3 Å². The summed E-state index contributed by atoms with van der Waals surface area (Å²) in [5.74, 6) is 2.29. The molecule has 7 heteroatoms. The standard InChI is InChI=1S/C28H31FN2O3S/c1-18(2)19-8-10-23(11-9-19)34-17-25-24-16-27(33-4)26(32-3)14-20(24)12-13-31(25)28(35)30-22-7-5-6-21(29)15-22/h5-11,14-16,18,25H,12-13,17H2,1-4H3,(H,30,35). The molecule has 0 aliphatic carbocycles. The minimum absolute atomic E-state index is 0.170. The topological polar surface area (TPSA) is 43.0 Å². The third-order valence-electron chi connectivity index (χ3n) is 6.29. The first-order chi connectivity index (χ1) is 16.9. The number of hydrogen-bond acceptors (Lipinski definition) is 4. The summed E-state index contributed by atoms with van der Waals surface area (Å²) in [6.45, 7) is 5.40. The molecule has 35 heavy (non-hydrogen) atoms. The lowest BCUT2D eigenvalue weighted by Crippen LogP contribution is -2.44. The molecule has 3 aromatic rings. The fourth-order valence-corrected chi connectivity index (χ4v) is 4.67.